The van der Waals surface area contributed by atoms with Crippen LogP contribution in [0.15, 0.2) is 53.6 Å². The van der Waals surface area contributed by atoms with E-state index in [4.69, 9.17) is 14.2 Å². The largest absolute Gasteiger partial charge is 0.494 e. The molecule has 2 aromatic heterocycles. The Hall–Kier alpha value is -4.11. The molecule has 1 aliphatic heterocycles. The van der Waals surface area contributed by atoms with E-state index in [2.05, 4.69) is 9.97 Å². The lowest BCUT2D eigenvalue weighted by atomic mass is 9.87. The van der Waals surface area contributed by atoms with Crippen molar-refractivity contribution in [3.05, 3.63) is 96.7 Å². The van der Waals surface area contributed by atoms with Gasteiger partial charge in [-0.15, -0.1) is 0 Å². The quantitative estimate of drug-likeness (QED) is 0.235. The highest BCUT2D eigenvalue weighted by atomic mass is 32.1. The number of fused-ring (bicyclic) bond motifs is 1. The third-order valence-corrected chi connectivity index (χ3v) is 8.06. The molecular weight excluding hydrogens is 516 g/mol. The van der Waals surface area contributed by atoms with Crippen LogP contribution < -0.4 is 19.1 Å². The minimum absolute atomic E-state index is 0.0764. The zero-order valence-corrected chi connectivity index (χ0v) is 23.1. The Kier molecular flexibility index (Phi) is 7.18. The molecule has 39 heavy (non-hydrogen) atoms. The highest BCUT2D eigenvalue weighted by Crippen LogP contribution is 2.44. The van der Waals surface area contributed by atoms with Crippen molar-refractivity contribution in [3.8, 4) is 23.1 Å². The van der Waals surface area contributed by atoms with Crippen molar-refractivity contribution in [1.82, 2.24) is 9.97 Å². The number of benzene rings is 2. The summed E-state index contributed by atoms with van der Waals surface area (Å²) in [4.78, 5) is 30.9. The molecule has 9 heteroatoms. The van der Waals surface area contributed by atoms with Gasteiger partial charge in [0, 0.05) is 24.4 Å². The number of hydrogen-bond donors (Lipinski definition) is 2. The maximum absolute atomic E-state index is 12.7. The van der Waals surface area contributed by atoms with Gasteiger partial charge in [0.2, 0.25) is 5.88 Å². The summed E-state index contributed by atoms with van der Waals surface area (Å²) in [6.45, 7) is 8.29. The number of ether oxygens (including phenoxy) is 3. The van der Waals surface area contributed by atoms with Gasteiger partial charge in [0.1, 0.15) is 29.5 Å². The minimum Gasteiger partial charge on any atom is -0.494 e. The Morgan fingerprint density at radius 1 is 1.15 bits per heavy atom. The van der Waals surface area contributed by atoms with Crippen molar-refractivity contribution < 1.29 is 24.1 Å². The SMILES string of the molecule is Cc1c(C)c2c(c(C)c1OC(=O)c1cccnc1)CCC(C)(COc1ccc(Cc3sc(=O)[nH]c3O)cc1)O2. The first-order valence-corrected chi connectivity index (χ1v) is 13.5. The predicted molar refractivity (Wildman–Crippen MR) is 149 cm³/mol. The third-order valence-electron chi connectivity index (χ3n) is 7.19. The molecule has 0 saturated heterocycles. The number of aromatic nitrogens is 2. The third kappa shape index (κ3) is 5.54. The molecular formula is C30H30N2O6S. The van der Waals surface area contributed by atoms with Gasteiger partial charge in [-0.2, -0.15) is 0 Å². The number of carbonyl (C=O) groups is 1. The molecule has 1 aliphatic rings. The maximum atomic E-state index is 12.7. The molecule has 0 amide bonds. The van der Waals surface area contributed by atoms with Crippen LogP contribution in [-0.2, 0) is 12.8 Å². The van der Waals surface area contributed by atoms with Crippen LogP contribution in [0.3, 0.4) is 0 Å². The molecule has 5 rings (SSSR count). The topological polar surface area (TPSA) is 111 Å². The number of nitrogens with one attached hydrogen (secondary N) is 1. The Labute approximate surface area is 230 Å². The fourth-order valence-corrected chi connectivity index (χ4v) is 5.53. The summed E-state index contributed by atoms with van der Waals surface area (Å²) in [5.74, 6) is 1.60. The van der Waals surface area contributed by atoms with Crippen molar-refractivity contribution in [2.24, 2.45) is 0 Å². The van der Waals surface area contributed by atoms with E-state index in [1.165, 1.54) is 6.20 Å². The molecule has 0 saturated carbocycles. The van der Waals surface area contributed by atoms with Crippen LogP contribution >= 0.6 is 11.3 Å². The van der Waals surface area contributed by atoms with Gasteiger partial charge in [-0.25, -0.2) is 4.79 Å². The number of nitrogens with zero attached hydrogens (tertiary/aromatic N) is 1. The highest BCUT2D eigenvalue weighted by molar-refractivity contribution is 7.09. The van der Waals surface area contributed by atoms with Crippen LogP contribution in [0.5, 0.6) is 23.1 Å². The zero-order valence-electron chi connectivity index (χ0n) is 22.3. The molecule has 202 valence electrons. The number of pyridine rings is 1. The Balaban J connectivity index is 1.27. The summed E-state index contributed by atoms with van der Waals surface area (Å²) >= 11 is 1.01. The van der Waals surface area contributed by atoms with E-state index in [1.807, 2.05) is 52.0 Å². The second kappa shape index (κ2) is 10.6. The molecule has 0 spiro atoms. The van der Waals surface area contributed by atoms with Crippen LogP contribution in [-0.4, -0.2) is 33.3 Å². The maximum Gasteiger partial charge on any atom is 0.345 e. The fourth-order valence-electron chi connectivity index (χ4n) is 4.77. The first-order chi connectivity index (χ1) is 18.6. The molecule has 0 bridgehead atoms. The lowest BCUT2D eigenvalue weighted by Crippen LogP contribution is -2.42. The molecule has 2 N–H and O–H groups in total. The molecule has 8 nitrogen and oxygen atoms in total. The van der Waals surface area contributed by atoms with Gasteiger partial charge in [-0.05, 0) is 87.1 Å². The van der Waals surface area contributed by atoms with Crippen molar-refractivity contribution in [2.75, 3.05) is 6.61 Å². The van der Waals surface area contributed by atoms with Crippen molar-refractivity contribution >= 4 is 17.3 Å². The molecule has 0 radical (unpaired) electrons. The number of aromatic hydroxyl groups is 1. The number of H-pyrrole nitrogens is 1. The van der Waals surface area contributed by atoms with Crippen molar-refractivity contribution in [2.45, 2.75) is 52.6 Å². The number of carbonyl (C=O) groups excluding carboxylic acids is 1. The lowest BCUT2D eigenvalue weighted by Gasteiger charge is -2.37. The summed E-state index contributed by atoms with van der Waals surface area (Å²) in [7, 11) is 0. The zero-order chi connectivity index (χ0) is 27.7. The molecule has 0 aliphatic carbocycles. The predicted octanol–water partition coefficient (Wildman–Crippen LogP) is 5.43. The van der Waals surface area contributed by atoms with E-state index in [0.29, 0.717) is 35.0 Å². The molecule has 1 unspecified atom stereocenters. The normalized spacial score (nSPS) is 16.3. The number of aromatic amines is 1. The number of thiazole rings is 1. The Bertz CT molecular complexity index is 1580. The van der Waals surface area contributed by atoms with Crippen LogP contribution in [0.2, 0.25) is 0 Å². The second-order valence-corrected chi connectivity index (χ2v) is 11.2. The van der Waals surface area contributed by atoms with Crippen molar-refractivity contribution in [3.63, 3.8) is 0 Å². The Morgan fingerprint density at radius 2 is 1.92 bits per heavy atom. The molecule has 4 aromatic rings. The number of esters is 1. The van der Waals surface area contributed by atoms with E-state index in [9.17, 15) is 14.7 Å². The highest BCUT2D eigenvalue weighted by Gasteiger charge is 2.36. The second-order valence-electron chi connectivity index (χ2n) is 10.1. The van der Waals surface area contributed by atoms with Crippen LogP contribution in [0.4, 0.5) is 0 Å². The minimum atomic E-state index is -0.535. The van der Waals surface area contributed by atoms with Gasteiger partial charge >= 0.3 is 10.8 Å². The number of rotatable bonds is 7. The van der Waals surface area contributed by atoms with Gasteiger partial charge in [0.25, 0.3) is 0 Å². The fraction of sp³-hybridized carbons (Fsp3) is 0.300. The summed E-state index contributed by atoms with van der Waals surface area (Å²) in [6, 6.07) is 11.0. The summed E-state index contributed by atoms with van der Waals surface area (Å²) < 4.78 is 18.5. The van der Waals surface area contributed by atoms with E-state index in [0.717, 1.165) is 57.7 Å². The van der Waals surface area contributed by atoms with E-state index in [-0.39, 0.29) is 10.8 Å². The molecule has 1 atom stereocenters. The number of hydrogen-bond acceptors (Lipinski definition) is 8. The average Bonchev–Trinajstić information content (AvgIpc) is 3.25. The average molecular weight is 547 g/mol. The molecule has 3 heterocycles. The van der Waals surface area contributed by atoms with Crippen LogP contribution in [0.1, 0.15) is 56.4 Å². The standard InChI is InChI=1S/C30H30N2O6S/c1-17-18(2)26-23(19(3)25(17)37-28(34)21-6-5-13-31-15-21)11-12-30(4,38-26)16-36-22-9-7-20(8-10-22)14-24-27(33)32-29(35)39-24/h5-10,13,15,33H,11-12,14,16H2,1-4H3,(H,32,35). The van der Waals surface area contributed by atoms with Crippen LogP contribution in [0, 0.1) is 20.8 Å². The summed E-state index contributed by atoms with van der Waals surface area (Å²) in [5, 5.41) is 9.82. The van der Waals surface area contributed by atoms with E-state index in [1.54, 1.807) is 18.3 Å². The van der Waals surface area contributed by atoms with Gasteiger partial charge in [-0.1, -0.05) is 23.5 Å². The molecule has 2 aromatic carbocycles. The van der Waals surface area contributed by atoms with Crippen LogP contribution in [0.25, 0.3) is 0 Å². The lowest BCUT2D eigenvalue weighted by molar-refractivity contribution is 0.0166. The summed E-state index contributed by atoms with van der Waals surface area (Å²) in [6.07, 6.45) is 5.08. The van der Waals surface area contributed by atoms with Crippen molar-refractivity contribution in [1.29, 1.82) is 0 Å². The van der Waals surface area contributed by atoms with Gasteiger partial charge in [0.05, 0.1) is 10.4 Å². The van der Waals surface area contributed by atoms with Gasteiger partial charge in [0.15, 0.2) is 0 Å². The summed E-state index contributed by atoms with van der Waals surface area (Å²) in [5.41, 5.74) is 4.58. The van der Waals surface area contributed by atoms with E-state index < -0.39 is 11.6 Å². The van der Waals surface area contributed by atoms with Gasteiger partial charge < -0.3 is 19.3 Å². The van der Waals surface area contributed by atoms with Gasteiger partial charge in [-0.3, -0.25) is 14.8 Å². The Morgan fingerprint density at radius 3 is 2.59 bits per heavy atom. The smallest absolute Gasteiger partial charge is 0.345 e. The van der Waals surface area contributed by atoms with E-state index >= 15 is 0 Å². The first kappa shape index (κ1) is 26.5. The monoisotopic (exact) mass is 546 g/mol. The molecule has 0 fully saturated rings. The first-order valence-electron chi connectivity index (χ1n) is 12.7.